The summed E-state index contributed by atoms with van der Waals surface area (Å²) in [5.74, 6) is 0.366. The monoisotopic (exact) mass is 338 g/mol. The molecule has 0 saturated carbocycles. The zero-order valence-corrected chi connectivity index (χ0v) is 13.4. The second-order valence-electron chi connectivity index (χ2n) is 5.86. The molecule has 2 saturated heterocycles. The summed E-state index contributed by atoms with van der Waals surface area (Å²) in [4.78, 5) is 27.3. The number of imide groups is 1. The maximum absolute atomic E-state index is 12.3. The molecular formula is C16H19ClN2O4. The molecule has 0 spiro atoms. The van der Waals surface area contributed by atoms with Crippen molar-refractivity contribution in [3.8, 4) is 5.75 Å². The zero-order chi connectivity index (χ0) is 16.4. The van der Waals surface area contributed by atoms with Gasteiger partial charge in [-0.1, -0.05) is 11.6 Å². The predicted molar refractivity (Wildman–Crippen MR) is 84.4 cm³/mol. The number of β-amino-alcohol motifs (C(OH)–C–C–N with tert-alkyl or cyclic N) is 1. The van der Waals surface area contributed by atoms with Gasteiger partial charge in [-0.3, -0.25) is 9.69 Å². The number of fused-ring (bicyclic) bond motifs is 1. The van der Waals surface area contributed by atoms with Crippen LogP contribution in [0.4, 0.5) is 4.79 Å². The predicted octanol–water partition coefficient (Wildman–Crippen LogP) is 1.90. The fourth-order valence-electron chi connectivity index (χ4n) is 3.00. The van der Waals surface area contributed by atoms with Crippen molar-refractivity contribution >= 4 is 23.5 Å². The Hall–Kier alpha value is -1.79. The zero-order valence-electron chi connectivity index (χ0n) is 12.7. The molecule has 0 radical (unpaired) electrons. The molecule has 2 heterocycles. The number of ether oxygens (including phenoxy) is 1. The Morgan fingerprint density at radius 1 is 1.26 bits per heavy atom. The van der Waals surface area contributed by atoms with E-state index < -0.39 is 6.10 Å². The summed E-state index contributed by atoms with van der Waals surface area (Å²) in [6.07, 6.45) is 1.65. The van der Waals surface area contributed by atoms with Crippen molar-refractivity contribution in [3.05, 3.63) is 29.3 Å². The molecule has 3 rings (SSSR count). The molecule has 2 atom stereocenters. The van der Waals surface area contributed by atoms with Crippen molar-refractivity contribution in [1.82, 2.24) is 9.80 Å². The Morgan fingerprint density at radius 2 is 2.00 bits per heavy atom. The van der Waals surface area contributed by atoms with Crippen molar-refractivity contribution in [3.63, 3.8) is 0 Å². The average Bonchev–Trinajstić information content (AvgIpc) is 2.80. The highest BCUT2D eigenvalue weighted by Crippen LogP contribution is 2.26. The molecule has 0 unspecified atom stereocenters. The first-order chi connectivity index (χ1) is 11.1. The van der Waals surface area contributed by atoms with E-state index in [4.69, 9.17) is 16.3 Å². The van der Waals surface area contributed by atoms with E-state index in [-0.39, 0.29) is 31.1 Å². The Kier molecular flexibility index (Phi) is 4.73. The van der Waals surface area contributed by atoms with Crippen LogP contribution in [-0.2, 0) is 4.79 Å². The van der Waals surface area contributed by atoms with E-state index in [1.54, 1.807) is 29.2 Å². The molecule has 2 fully saturated rings. The Bertz CT molecular complexity index is 568. The number of amides is 3. The number of urea groups is 1. The van der Waals surface area contributed by atoms with Gasteiger partial charge in [0.25, 0.3) is 5.91 Å². The third-order valence-corrected chi connectivity index (χ3v) is 4.43. The summed E-state index contributed by atoms with van der Waals surface area (Å²) < 4.78 is 5.45. The fraction of sp³-hybridized carbons (Fsp3) is 0.500. The first-order valence-corrected chi connectivity index (χ1v) is 8.12. The van der Waals surface area contributed by atoms with Gasteiger partial charge in [0.05, 0.1) is 6.54 Å². The normalized spacial score (nSPS) is 22.3. The first-order valence-electron chi connectivity index (χ1n) is 7.74. The van der Waals surface area contributed by atoms with Crippen LogP contribution in [0.25, 0.3) is 0 Å². The van der Waals surface area contributed by atoms with Crippen LogP contribution in [0.1, 0.15) is 19.3 Å². The molecule has 1 aromatic carbocycles. The van der Waals surface area contributed by atoms with Crippen molar-refractivity contribution in [2.24, 2.45) is 0 Å². The number of carbonyl (C=O) groups excluding carboxylic acids is 2. The third kappa shape index (κ3) is 3.43. The summed E-state index contributed by atoms with van der Waals surface area (Å²) in [6, 6.07) is 6.12. The van der Waals surface area contributed by atoms with Gasteiger partial charge in [0.1, 0.15) is 24.5 Å². The van der Waals surface area contributed by atoms with Crippen LogP contribution < -0.4 is 4.74 Å². The first kappa shape index (κ1) is 16.1. The SMILES string of the molecule is O=C1[C@H]2CCCCN2C(=O)N1C[C@H](O)COc1ccc(Cl)cc1. The molecule has 1 aromatic rings. The van der Waals surface area contributed by atoms with Crippen molar-refractivity contribution in [1.29, 1.82) is 0 Å². The number of hydrogen-bond donors (Lipinski definition) is 1. The van der Waals surface area contributed by atoms with Gasteiger partial charge >= 0.3 is 6.03 Å². The molecule has 0 bridgehead atoms. The lowest BCUT2D eigenvalue weighted by molar-refractivity contribution is -0.129. The molecule has 1 N–H and O–H groups in total. The van der Waals surface area contributed by atoms with Gasteiger partial charge in [-0.2, -0.15) is 0 Å². The van der Waals surface area contributed by atoms with Crippen LogP contribution in [-0.4, -0.2) is 58.7 Å². The summed E-state index contributed by atoms with van der Waals surface area (Å²) in [6.45, 7) is 0.574. The smallest absolute Gasteiger partial charge is 0.327 e. The van der Waals surface area contributed by atoms with Crippen LogP contribution in [0.3, 0.4) is 0 Å². The standard InChI is InChI=1S/C16H19ClN2O4/c17-11-4-6-13(7-5-11)23-10-12(20)9-19-15(21)14-3-1-2-8-18(14)16(19)22/h4-7,12,14,20H,1-3,8-10H2/t12-,14+/m0/s1. The van der Waals surface area contributed by atoms with E-state index in [0.29, 0.717) is 23.7 Å². The molecule has 3 amide bonds. The average molecular weight is 339 g/mol. The van der Waals surface area contributed by atoms with E-state index in [9.17, 15) is 14.7 Å². The summed E-state index contributed by atoms with van der Waals surface area (Å²) in [7, 11) is 0. The minimum atomic E-state index is -0.931. The van der Waals surface area contributed by atoms with Gasteiger partial charge in [0.15, 0.2) is 0 Å². The van der Waals surface area contributed by atoms with Gasteiger partial charge in [0.2, 0.25) is 0 Å². The minimum Gasteiger partial charge on any atom is -0.491 e. The molecule has 124 valence electrons. The number of piperidine rings is 1. The van der Waals surface area contributed by atoms with Gasteiger partial charge in [-0.25, -0.2) is 4.79 Å². The maximum Gasteiger partial charge on any atom is 0.327 e. The summed E-state index contributed by atoms with van der Waals surface area (Å²) in [5.41, 5.74) is 0. The lowest BCUT2D eigenvalue weighted by Gasteiger charge is -2.26. The molecule has 7 heteroatoms. The van der Waals surface area contributed by atoms with Crippen LogP contribution in [0.5, 0.6) is 5.75 Å². The number of carbonyl (C=O) groups is 2. The van der Waals surface area contributed by atoms with Crippen LogP contribution in [0.2, 0.25) is 5.02 Å². The summed E-state index contributed by atoms with van der Waals surface area (Å²) in [5, 5.41) is 10.7. The Morgan fingerprint density at radius 3 is 2.70 bits per heavy atom. The Balaban J connectivity index is 1.55. The number of nitrogens with zero attached hydrogens (tertiary/aromatic N) is 2. The highest BCUT2D eigenvalue weighted by atomic mass is 35.5. The number of aliphatic hydroxyl groups excluding tert-OH is 1. The number of halogens is 1. The highest BCUT2D eigenvalue weighted by molar-refractivity contribution is 6.30. The number of aliphatic hydroxyl groups is 1. The number of benzene rings is 1. The number of rotatable bonds is 5. The maximum atomic E-state index is 12.3. The highest BCUT2D eigenvalue weighted by Gasteiger charge is 2.46. The van der Waals surface area contributed by atoms with Crippen molar-refractivity contribution < 1.29 is 19.4 Å². The lowest BCUT2D eigenvalue weighted by Crippen LogP contribution is -2.40. The second-order valence-corrected chi connectivity index (χ2v) is 6.29. The van der Waals surface area contributed by atoms with Crippen molar-refractivity contribution in [2.45, 2.75) is 31.4 Å². The molecule has 0 aliphatic carbocycles. The fourth-order valence-corrected chi connectivity index (χ4v) is 3.13. The van der Waals surface area contributed by atoms with Gasteiger partial charge in [-0.05, 0) is 43.5 Å². The van der Waals surface area contributed by atoms with E-state index in [1.807, 2.05) is 0 Å². The van der Waals surface area contributed by atoms with Crippen molar-refractivity contribution in [2.75, 3.05) is 19.7 Å². The summed E-state index contributed by atoms with van der Waals surface area (Å²) >= 11 is 5.79. The molecule has 2 aliphatic rings. The quantitative estimate of drug-likeness (QED) is 0.832. The van der Waals surface area contributed by atoms with Crippen LogP contribution in [0.15, 0.2) is 24.3 Å². The van der Waals surface area contributed by atoms with Gasteiger partial charge in [0, 0.05) is 11.6 Å². The topological polar surface area (TPSA) is 70.1 Å². The van der Waals surface area contributed by atoms with Crippen LogP contribution in [0, 0.1) is 0 Å². The molecule has 6 nitrogen and oxygen atoms in total. The van der Waals surface area contributed by atoms with E-state index in [0.717, 1.165) is 17.7 Å². The minimum absolute atomic E-state index is 0.00333. The lowest BCUT2D eigenvalue weighted by atomic mass is 10.0. The van der Waals surface area contributed by atoms with Gasteiger partial charge in [-0.15, -0.1) is 0 Å². The molecule has 2 aliphatic heterocycles. The van der Waals surface area contributed by atoms with E-state index >= 15 is 0 Å². The Labute approximate surface area is 139 Å². The molecule has 23 heavy (non-hydrogen) atoms. The second kappa shape index (κ2) is 6.76. The van der Waals surface area contributed by atoms with E-state index in [1.165, 1.54) is 0 Å². The molecular weight excluding hydrogens is 320 g/mol. The van der Waals surface area contributed by atoms with Gasteiger partial charge < -0.3 is 14.7 Å². The third-order valence-electron chi connectivity index (χ3n) is 4.18. The van der Waals surface area contributed by atoms with Crippen LogP contribution >= 0.6 is 11.6 Å². The largest absolute Gasteiger partial charge is 0.491 e. The van der Waals surface area contributed by atoms with E-state index in [2.05, 4.69) is 0 Å². The molecule has 0 aromatic heterocycles. The number of hydrogen-bond acceptors (Lipinski definition) is 4.